The van der Waals surface area contributed by atoms with Gasteiger partial charge in [0, 0.05) is 6.04 Å². The summed E-state index contributed by atoms with van der Waals surface area (Å²) >= 11 is 5.84. The summed E-state index contributed by atoms with van der Waals surface area (Å²) < 4.78 is 1.73. The van der Waals surface area contributed by atoms with E-state index in [0.717, 1.165) is 0 Å². The zero-order valence-electron chi connectivity index (χ0n) is 7.45. The van der Waals surface area contributed by atoms with Crippen molar-refractivity contribution in [1.29, 1.82) is 0 Å². The smallest absolute Gasteiger partial charge is 0.0943 e. The van der Waals surface area contributed by atoms with Crippen molar-refractivity contribution in [2.75, 3.05) is 0 Å². The fraction of sp³-hybridized carbons (Fsp3) is 0.625. The number of aromatic nitrogens is 2. The van der Waals surface area contributed by atoms with E-state index < -0.39 is 6.10 Å². The van der Waals surface area contributed by atoms with Gasteiger partial charge in [0.15, 0.2) is 0 Å². The SMILES string of the molecule is CC(O)c1c(Cl)cnn1C(C)C. The third kappa shape index (κ3) is 1.62. The van der Waals surface area contributed by atoms with Crippen LogP contribution in [0.3, 0.4) is 0 Å². The lowest BCUT2D eigenvalue weighted by Crippen LogP contribution is -2.09. The van der Waals surface area contributed by atoms with E-state index in [1.807, 2.05) is 13.8 Å². The second-order valence-electron chi connectivity index (χ2n) is 3.09. The number of hydrogen-bond acceptors (Lipinski definition) is 2. The second-order valence-corrected chi connectivity index (χ2v) is 3.50. The Kier molecular flexibility index (Phi) is 2.75. The molecule has 0 aliphatic carbocycles. The Bertz CT molecular complexity index is 268. The predicted octanol–water partition coefficient (Wildman–Crippen LogP) is 2.17. The van der Waals surface area contributed by atoms with Gasteiger partial charge in [-0.15, -0.1) is 0 Å². The molecule has 0 bridgehead atoms. The molecule has 1 aromatic rings. The summed E-state index contributed by atoms with van der Waals surface area (Å²) in [4.78, 5) is 0. The second kappa shape index (κ2) is 3.46. The normalized spacial score (nSPS) is 13.8. The van der Waals surface area contributed by atoms with Crippen LogP contribution in [0, 0.1) is 0 Å². The van der Waals surface area contributed by atoms with Gasteiger partial charge >= 0.3 is 0 Å². The van der Waals surface area contributed by atoms with Crippen LogP contribution >= 0.6 is 11.6 Å². The molecule has 0 amide bonds. The Morgan fingerprint density at radius 2 is 2.08 bits per heavy atom. The molecule has 12 heavy (non-hydrogen) atoms. The van der Waals surface area contributed by atoms with Crippen LogP contribution in [0.5, 0.6) is 0 Å². The molecule has 0 aromatic carbocycles. The molecule has 1 unspecified atom stereocenters. The fourth-order valence-corrected chi connectivity index (χ4v) is 1.44. The van der Waals surface area contributed by atoms with E-state index in [9.17, 15) is 5.11 Å². The Morgan fingerprint density at radius 3 is 2.42 bits per heavy atom. The Balaban J connectivity index is 3.12. The van der Waals surface area contributed by atoms with Gasteiger partial charge in [0.2, 0.25) is 0 Å². The Morgan fingerprint density at radius 1 is 1.50 bits per heavy atom. The van der Waals surface area contributed by atoms with Crippen molar-refractivity contribution in [3.8, 4) is 0 Å². The van der Waals surface area contributed by atoms with E-state index in [1.54, 1.807) is 17.8 Å². The monoisotopic (exact) mass is 188 g/mol. The lowest BCUT2D eigenvalue weighted by Gasteiger charge is -2.12. The first-order chi connectivity index (χ1) is 5.54. The minimum Gasteiger partial charge on any atom is -0.387 e. The van der Waals surface area contributed by atoms with Gasteiger partial charge in [-0.25, -0.2) is 0 Å². The topological polar surface area (TPSA) is 38.1 Å². The molecule has 0 saturated heterocycles. The zero-order valence-corrected chi connectivity index (χ0v) is 8.21. The van der Waals surface area contributed by atoms with Crippen LogP contribution in [0.2, 0.25) is 5.02 Å². The van der Waals surface area contributed by atoms with Crippen LogP contribution in [0.15, 0.2) is 6.20 Å². The maximum Gasteiger partial charge on any atom is 0.0943 e. The average Bonchev–Trinajstić information content (AvgIpc) is 2.30. The molecule has 1 atom stereocenters. The van der Waals surface area contributed by atoms with Gasteiger partial charge in [0.05, 0.1) is 23.0 Å². The van der Waals surface area contributed by atoms with Crippen molar-refractivity contribution in [3.05, 3.63) is 16.9 Å². The zero-order chi connectivity index (χ0) is 9.30. The van der Waals surface area contributed by atoms with E-state index in [0.29, 0.717) is 10.7 Å². The highest BCUT2D eigenvalue weighted by Gasteiger charge is 2.15. The highest BCUT2D eigenvalue weighted by atomic mass is 35.5. The first-order valence-electron chi connectivity index (χ1n) is 3.95. The fourth-order valence-electron chi connectivity index (χ4n) is 1.15. The largest absolute Gasteiger partial charge is 0.387 e. The molecule has 0 saturated carbocycles. The summed E-state index contributed by atoms with van der Waals surface area (Å²) in [5, 5.41) is 14.0. The van der Waals surface area contributed by atoms with Crippen molar-refractivity contribution in [3.63, 3.8) is 0 Å². The third-order valence-corrected chi connectivity index (χ3v) is 1.96. The van der Waals surface area contributed by atoms with Crippen molar-refractivity contribution in [1.82, 2.24) is 9.78 Å². The number of rotatable bonds is 2. The molecule has 1 rings (SSSR count). The lowest BCUT2D eigenvalue weighted by atomic mass is 10.2. The molecule has 1 N–H and O–H groups in total. The molecule has 0 fully saturated rings. The molecule has 0 aliphatic rings. The van der Waals surface area contributed by atoms with Gasteiger partial charge in [-0.05, 0) is 20.8 Å². The summed E-state index contributed by atoms with van der Waals surface area (Å²) in [6.45, 7) is 5.67. The van der Waals surface area contributed by atoms with Crippen molar-refractivity contribution < 1.29 is 5.11 Å². The minimum atomic E-state index is -0.567. The number of aliphatic hydroxyl groups is 1. The predicted molar refractivity (Wildman–Crippen MR) is 48.3 cm³/mol. The Labute approximate surface area is 77.0 Å². The number of aliphatic hydroxyl groups excluding tert-OH is 1. The summed E-state index contributed by atoms with van der Waals surface area (Å²) in [6.07, 6.45) is 0.992. The maximum atomic E-state index is 9.38. The third-order valence-electron chi connectivity index (χ3n) is 1.67. The van der Waals surface area contributed by atoms with Crippen LogP contribution in [-0.4, -0.2) is 14.9 Å². The van der Waals surface area contributed by atoms with Gasteiger partial charge in [0.1, 0.15) is 0 Å². The Hall–Kier alpha value is -0.540. The molecule has 0 aliphatic heterocycles. The van der Waals surface area contributed by atoms with E-state index in [1.165, 1.54) is 0 Å². The molecule has 3 nitrogen and oxygen atoms in total. The van der Waals surface area contributed by atoms with Gasteiger partial charge in [-0.1, -0.05) is 11.6 Å². The van der Waals surface area contributed by atoms with Crippen LogP contribution in [0.25, 0.3) is 0 Å². The van der Waals surface area contributed by atoms with Gasteiger partial charge in [0.25, 0.3) is 0 Å². The first kappa shape index (κ1) is 9.55. The molecule has 0 spiro atoms. The van der Waals surface area contributed by atoms with E-state index in [2.05, 4.69) is 5.10 Å². The van der Waals surface area contributed by atoms with Crippen LogP contribution in [0.4, 0.5) is 0 Å². The van der Waals surface area contributed by atoms with E-state index in [-0.39, 0.29) is 6.04 Å². The van der Waals surface area contributed by atoms with E-state index in [4.69, 9.17) is 11.6 Å². The van der Waals surface area contributed by atoms with Crippen LogP contribution in [-0.2, 0) is 0 Å². The van der Waals surface area contributed by atoms with Crippen molar-refractivity contribution >= 4 is 11.6 Å². The summed E-state index contributed by atoms with van der Waals surface area (Å²) in [7, 11) is 0. The minimum absolute atomic E-state index is 0.224. The summed E-state index contributed by atoms with van der Waals surface area (Å²) in [5.74, 6) is 0. The molecular weight excluding hydrogens is 176 g/mol. The molecule has 4 heteroatoms. The van der Waals surface area contributed by atoms with Gasteiger partial charge in [-0.2, -0.15) is 5.10 Å². The molecule has 68 valence electrons. The highest BCUT2D eigenvalue weighted by Crippen LogP contribution is 2.24. The van der Waals surface area contributed by atoms with Gasteiger partial charge < -0.3 is 5.11 Å². The highest BCUT2D eigenvalue weighted by molar-refractivity contribution is 6.31. The van der Waals surface area contributed by atoms with Crippen molar-refractivity contribution in [2.24, 2.45) is 0 Å². The maximum absolute atomic E-state index is 9.38. The molecule has 1 aromatic heterocycles. The summed E-state index contributed by atoms with van der Waals surface area (Å²) in [5.41, 5.74) is 0.687. The molecule has 0 radical (unpaired) electrons. The number of nitrogens with zero attached hydrogens (tertiary/aromatic N) is 2. The van der Waals surface area contributed by atoms with Crippen LogP contribution in [0.1, 0.15) is 38.6 Å². The van der Waals surface area contributed by atoms with Crippen molar-refractivity contribution in [2.45, 2.75) is 32.9 Å². The average molecular weight is 189 g/mol. The summed E-state index contributed by atoms with van der Waals surface area (Å²) in [6, 6.07) is 0.224. The van der Waals surface area contributed by atoms with Gasteiger partial charge in [-0.3, -0.25) is 4.68 Å². The number of hydrogen-bond donors (Lipinski definition) is 1. The standard InChI is InChI=1S/C8H13ClN2O/c1-5(2)11-8(6(3)12)7(9)4-10-11/h4-6,12H,1-3H3. The van der Waals surface area contributed by atoms with Crippen LogP contribution < -0.4 is 0 Å². The molecular formula is C8H13ClN2O. The molecule has 1 heterocycles. The lowest BCUT2D eigenvalue weighted by molar-refractivity contribution is 0.185. The first-order valence-corrected chi connectivity index (χ1v) is 4.32. The van der Waals surface area contributed by atoms with E-state index >= 15 is 0 Å². The number of halogens is 1. The quantitative estimate of drug-likeness (QED) is 0.773.